The molecule has 5 rings (SSSR count). The Kier molecular flexibility index (Phi) is 9.57. The molecule has 0 unspecified atom stereocenters. The SMILES string of the molecule is CN(C)C[C@@H]1CC[C@@H](COC2CCC(C(=O)O)CC2)N1C(=O)Cc1ccc2nc(Nc3ccc(Cl)c(Cl)c3)oc2c1F. The van der Waals surface area contributed by atoms with Crippen molar-refractivity contribution < 1.29 is 28.2 Å². The van der Waals surface area contributed by atoms with Crippen molar-refractivity contribution in [3.05, 3.63) is 51.8 Å². The van der Waals surface area contributed by atoms with Crippen LogP contribution in [0.4, 0.5) is 16.1 Å². The van der Waals surface area contributed by atoms with E-state index in [1.54, 1.807) is 30.3 Å². The Morgan fingerprint density at radius 3 is 2.52 bits per heavy atom. The minimum absolute atomic E-state index is 0.0107. The van der Waals surface area contributed by atoms with Crippen LogP contribution in [-0.4, -0.2) is 77.2 Å². The molecular formula is C30H35Cl2FN4O5. The van der Waals surface area contributed by atoms with Crippen molar-refractivity contribution in [2.45, 2.75) is 63.1 Å². The quantitative estimate of drug-likeness (QED) is 0.278. The number of carbonyl (C=O) groups is 2. The van der Waals surface area contributed by atoms with E-state index in [0.717, 1.165) is 12.8 Å². The summed E-state index contributed by atoms with van der Waals surface area (Å²) in [6.07, 6.45) is 4.09. The Hall–Kier alpha value is -2.92. The minimum Gasteiger partial charge on any atom is -0.481 e. The highest BCUT2D eigenvalue weighted by Crippen LogP contribution is 2.32. The average Bonchev–Trinajstić information content (AvgIpc) is 3.55. The summed E-state index contributed by atoms with van der Waals surface area (Å²) < 4.78 is 27.5. The number of aliphatic carboxylic acids is 1. The van der Waals surface area contributed by atoms with E-state index in [4.69, 9.17) is 32.4 Å². The van der Waals surface area contributed by atoms with Crippen molar-refractivity contribution >= 4 is 57.9 Å². The molecule has 0 radical (unpaired) electrons. The first kappa shape index (κ1) is 30.5. The number of likely N-dealkylation sites (N-methyl/N-ethyl adjacent to an activating group) is 1. The van der Waals surface area contributed by atoms with Crippen LogP contribution in [-0.2, 0) is 20.7 Å². The predicted octanol–water partition coefficient (Wildman–Crippen LogP) is 6.14. The van der Waals surface area contributed by atoms with Crippen molar-refractivity contribution in [2.24, 2.45) is 5.92 Å². The van der Waals surface area contributed by atoms with Gasteiger partial charge in [-0.2, -0.15) is 4.98 Å². The lowest BCUT2D eigenvalue weighted by atomic mass is 9.87. The van der Waals surface area contributed by atoms with Gasteiger partial charge in [0.25, 0.3) is 6.01 Å². The zero-order valence-corrected chi connectivity index (χ0v) is 25.1. The Bertz CT molecular complexity index is 1440. The number of amides is 1. The number of nitrogens with one attached hydrogen (secondary N) is 1. The number of benzene rings is 2. The first-order valence-corrected chi connectivity index (χ1v) is 14.9. The van der Waals surface area contributed by atoms with E-state index in [2.05, 4.69) is 10.3 Å². The highest BCUT2D eigenvalue weighted by Gasteiger charge is 2.38. The highest BCUT2D eigenvalue weighted by atomic mass is 35.5. The molecule has 2 heterocycles. The fourth-order valence-corrected chi connectivity index (χ4v) is 6.30. The Balaban J connectivity index is 1.28. The normalized spacial score (nSPS) is 22.7. The van der Waals surface area contributed by atoms with Crippen molar-refractivity contribution in [1.82, 2.24) is 14.8 Å². The first-order valence-electron chi connectivity index (χ1n) is 14.2. The van der Waals surface area contributed by atoms with Crippen LogP contribution in [0.5, 0.6) is 0 Å². The van der Waals surface area contributed by atoms with Gasteiger partial charge in [0.05, 0.1) is 41.1 Å². The van der Waals surface area contributed by atoms with Gasteiger partial charge < -0.3 is 29.4 Å². The number of hydrogen-bond acceptors (Lipinski definition) is 7. The van der Waals surface area contributed by atoms with Crippen LogP contribution in [0.2, 0.25) is 10.0 Å². The van der Waals surface area contributed by atoms with Gasteiger partial charge in [0.2, 0.25) is 5.91 Å². The fraction of sp³-hybridized carbons (Fsp3) is 0.500. The molecule has 12 heteroatoms. The second kappa shape index (κ2) is 13.2. The van der Waals surface area contributed by atoms with E-state index in [-0.39, 0.29) is 53.6 Å². The third kappa shape index (κ3) is 6.99. The van der Waals surface area contributed by atoms with E-state index < -0.39 is 11.8 Å². The summed E-state index contributed by atoms with van der Waals surface area (Å²) in [6.45, 7) is 1.07. The van der Waals surface area contributed by atoms with E-state index in [1.165, 1.54) is 0 Å². The van der Waals surface area contributed by atoms with Gasteiger partial charge in [0, 0.05) is 23.8 Å². The molecule has 2 fully saturated rings. The number of carboxylic acid groups (broad SMARTS) is 1. The number of rotatable bonds is 10. The number of hydrogen-bond donors (Lipinski definition) is 2. The number of halogens is 3. The number of carboxylic acids is 1. The third-order valence-electron chi connectivity index (χ3n) is 8.12. The summed E-state index contributed by atoms with van der Waals surface area (Å²) >= 11 is 12.1. The maximum atomic E-state index is 15.6. The van der Waals surface area contributed by atoms with E-state index >= 15 is 4.39 Å². The van der Waals surface area contributed by atoms with Gasteiger partial charge in [-0.05, 0) is 76.9 Å². The predicted molar refractivity (Wildman–Crippen MR) is 159 cm³/mol. The van der Waals surface area contributed by atoms with E-state index in [1.807, 2.05) is 23.9 Å². The van der Waals surface area contributed by atoms with Gasteiger partial charge in [-0.3, -0.25) is 9.59 Å². The lowest BCUT2D eigenvalue weighted by Gasteiger charge is -2.33. The van der Waals surface area contributed by atoms with Crippen LogP contribution in [0.15, 0.2) is 34.7 Å². The van der Waals surface area contributed by atoms with Gasteiger partial charge in [-0.25, -0.2) is 4.39 Å². The van der Waals surface area contributed by atoms with E-state index in [9.17, 15) is 14.7 Å². The second-order valence-corrected chi connectivity index (χ2v) is 12.2. The van der Waals surface area contributed by atoms with Crippen LogP contribution < -0.4 is 5.32 Å². The van der Waals surface area contributed by atoms with Crippen molar-refractivity contribution in [1.29, 1.82) is 0 Å². The summed E-state index contributed by atoms with van der Waals surface area (Å²) in [4.78, 5) is 33.2. The molecule has 2 atom stereocenters. The molecule has 0 spiro atoms. The minimum atomic E-state index is -0.748. The standard InChI is InChI=1S/C30H35Cl2FN4O5/c1-36(2)15-20-7-8-21(16-41-22-9-3-17(4-10-22)29(39)40)37(20)26(38)13-18-5-12-25-28(27(18)33)42-30(35-25)34-19-6-11-23(31)24(32)14-19/h5-6,11-12,14,17,20-22H,3-4,7-10,13,15-16H2,1-2H3,(H,34,35)(H,39,40)/t17?,20-,21-,22?/m0/s1. The lowest BCUT2D eigenvalue weighted by molar-refractivity contribution is -0.144. The maximum Gasteiger partial charge on any atom is 0.306 e. The molecule has 2 aromatic carbocycles. The molecule has 1 aromatic heterocycles. The molecule has 9 nitrogen and oxygen atoms in total. The molecule has 0 bridgehead atoms. The first-order chi connectivity index (χ1) is 20.1. The Morgan fingerprint density at radius 1 is 1.10 bits per heavy atom. The van der Waals surface area contributed by atoms with Crippen LogP contribution in [0.3, 0.4) is 0 Å². The Morgan fingerprint density at radius 2 is 1.83 bits per heavy atom. The molecule has 1 aliphatic heterocycles. The zero-order valence-electron chi connectivity index (χ0n) is 23.6. The smallest absolute Gasteiger partial charge is 0.306 e. The van der Waals surface area contributed by atoms with Crippen LogP contribution in [0, 0.1) is 11.7 Å². The largest absolute Gasteiger partial charge is 0.481 e. The number of fused-ring (bicyclic) bond motifs is 1. The highest BCUT2D eigenvalue weighted by molar-refractivity contribution is 6.42. The molecule has 2 aliphatic rings. The van der Waals surface area contributed by atoms with Crippen molar-refractivity contribution in [2.75, 3.05) is 32.6 Å². The van der Waals surface area contributed by atoms with Gasteiger partial charge >= 0.3 is 5.97 Å². The molecule has 226 valence electrons. The summed E-state index contributed by atoms with van der Waals surface area (Å²) in [5.74, 6) is -1.85. The van der Waals surface area contributed by atoms with Crippen LogP contribution in [0.25, 0.3) is 11.1 Å². The molecule has 2 N–H and O–H groups in total. The fourth-order valence-electron chi connectivity index (χ4n) is 6.00. The average molecular weight is 622 g/mol. The maximum absolute atomic E-state index is 15.6. The lowest BCUT2D eigenvalue weighted by Crippen LogP contribution is -2.48. The number of oxazole rings is 1. The molecule has 1 amide bonds. The number of anilines is 2. The molecule has 1 saturated carbocycles. The monoisotopic (exact) mass is 620 g/mol. The summed E-state index contributed by atoms with van der Waals surface area (Å²) in [7, 11) is 3.93. The van der Waals surface area contributed by atoms with Gasteiger partial charge in [-0.15, -0.1) is 0 Å². The van der Waals surface area contributed by atoms with Gasteiger partial charge in [0.15, 0.2) is 11.4 Å². The van der Waals surface area contributed by atoms with Crippen LogP contribution in [0.1, 0.15) is 44.1 Å². The van der Waals surface area contributed by atoms with Crippen molar-refractivity contribution in [3.63, 3.8) is 0 Å². The number of ether oxygens (including phenoxy) is 1. The number of nitrogens with zero attached hydrogens (tertiary/aromatic N) is 3. The Labute approximate surface area is 253 Å². The van der Waals surface area contributed by atoms with Crippen LogP contribution >= 0.6 is 23.2 Å². The summed E-state index contributed by atoms with van der Waals surface area (Å²) in [5, 5.41) is 13.0. The number of aromatic nitrogens is 1. The van der Waals surface area contributed by atoms with E-state index in [0.29, 0.717) is 60.1 Å². The van der Waals surface area contributed by atoms with Crippen molar-refractivity contribution in [3.8, 4) is 0 Å². The molecule has 42 heavy (non-hydrogen) atoms. The molecule has 1 saturated heterocycles. The second-order valence-electron chi connectivity index (χ2n) is 11.4. The molecule has 1 aliphatic carbocycles. The molecule has 3 aromatic rings. The third-order valence-corrected chi connectivity index (χ3v) is 8.86. The topological polar surface area (TPSA) is 108 Å². The van der Waals surface area contributed by atoms with Gasteiger partial charge in [0.1, 0.15) is 5.52 Å². The number of carbonyl (C=O) groups excluding carboxylic acids is 1. The number of likely N-dealkylation sites (tertiary alicyclic amines) is 1. The van der Waals surface area contributed by atoms with Gasteiger partial charge in [-0.1, -0.05) is 29.3 Å². The summed E-state index contributed by atoms with van der Waals surface area (Å²) in [6, 6.07) is 8.10. The summed E-state index contributed by atoms with van der Waals surface area (Å²) in [5.41, 5.74) is 1.09. The molecular weight excluding hydrogens is 586 g/mol. The zero-order chi connectivity index (χ0) is 30.0.